The number of ether oxygens (including phenoxy) is 2. The molecule has 0 aromatic heterocycles. The number of methoxy groups -OCH3 is 1. The SMILES string of the molecule is CCCCOc1cc(Br)c(/C=N/NC(N)=O)cc1OC. The van der Waals surface area contributed by atoms with Gasteiger partial charge < -0.3 is 15.2 Å². The van der Waals surface area contributed by atoms with Crippen LogP contribution in [0.4, 0.5) is 4.79 Å². The van der Waals surface area contributed by atoms with E-state index in [0.29, 0.717) is 18.1 Å². The Kier molecular flexibility index (Phi) is 6.86. The van der Waals surface area contributed by atoms with Crippen LogP contribution in [-0.2, 0) is 0 Å². The molecule has 0 fully saturated rings. The molecule has 1 aromatic carbocycles. The van der Waals surface area contributed by atoms with E-state index in [1.54, 1.807) is 19.2 Å². The van der Waals surface area contributed by atoms with Crippen molar-refractivity contribution in [3.05, 3.63) is 22.2 Å². The molecule has 0 radical (unpaired) electrons. The summed E-state index contributed by atoms with van der Waals surface area (Å²) in [4.78, 5) is 10.5. The van der Waals surface area contributed by atoms with Crippen molar-refractivity contribution in [3.8, 4) is 11.5 Å². The summed E-state index contributed by atoms with van der Waals surface area (Å²) >= 11 is 3.42. The van der Waals surface area contributed by atoms with E-state index in [1.165, 1.54) is 6.21 Å². The first-order valence-electron chi connectivity index (χ1n) is 6.17. The lowest BCUT2D eigenvalue weighted by atomic mass is 10.2. The number of hydrogen-bond acceptors (Lipinski definition) is 4. The molecule has 0 saturated carbocycles. The Bertz CT molecular complexity index is 492. The first-order valence-corrected chi connectivity index (χ1v) is 6.96. The van der Waals surface area contributed by atoms with Gasteiger partial charge in [0, 0.05) is 10.0 Å². The number of amides is 2. The molecule has 0 unspecified atom stereocenters. The van der Waals surface area contributed by atoms with Crippen molar-refractivity contribution in [1.29, 1.82) is 0 Å². The van der Waals surface area contributed by atoms with Gasteiger partial charge in [0.05, 0.1) is 19.9 Å². The Morgan fingerprint density at radius 1 is 1.50 bits per heavy atom. The summed E-state index contributed by atoms with van der Waals surface area (Å²) in [6.45, 7) is 2.73. The summed E-state index contributed by atoms with van der Waals surface area (Å²) in [5.74, 6) is 1.26. The van der Waals surface area contributed by atoms with Crippen LogP contribution >= 0.6 is 15.9 Å². The second kappa shape index (κ2) is 8.42. The number of nitrogens with one attached hydrogen (secondary N) is 1. The number of carbonyl (C=O) groups is 1. The average Bonchev–Trinajstić information content (AvgIpc) is 2.41. The van der Waals surface area contributed by atoms with Gasteiger partial charge in [-0.1, -0.05) is 13.3 Å². The standard InChI is InChI=1S/C13H18BrN3O3/c1-3-4-5-20-12-7-10(14)9(6-11(12)19-2)8-16-17-13(15)18/h6-8H,3-5H2,1-2H3,(H3,15,17,18)/b16-8+. The number of hydrogen-bond donors (Lipinski definition) is 2. The van der Waals surface area contributed by atoms with Gasteiger partial charge in [-0.25, -0.2) is 10.2 Å². The predicted octanol–water partition coefficient (Wildman–Crippen LogP) is 2.64. The van der Waals surface area contributed by atoms with Crippen LogP contribution in [0.15, 0.2) is 21.7 Å². The summed E-state index contributed by atoms with van der Waals surface area (Å²) < 4.78 is 11.7. The van der Waals surface area contributed by atoms with Crippen LogP contribution in [0.25, 0.3) is 0 Å². The Balaban J connectivity index is 2.88. The zero-order valence-corrected chi connectivity index (χ0v) is 13.1. The normalized spacial score (nSPS) is 10.6. The average molecular weight is 344 g/mol. The van der Waals surface area contributed by atoms with Gasteiger partial charge >= 0.3 is 6.03 Å². The maximum absolute atomic E-state index is 10.5. The number of halogens is 1. The molecule has 0 aliphatic rings. The fraction of sp³-hybridized carbons (Fsp3) is 0.385. The van der Waals surface area contributed by atoms with E-state index in [4.69, 9.17) is 15.2 Å². The Morgan fingerprint density at radius 3 is 2.85 bits per heavy atom. The molecule has 0 aliphatic carbocycles. The van der Waals surface area contributed by atoms with Gasteiger partial charge in [-0.15, -0.1) is 0 Å². The van der Waals surface area contributed by atoms with E-state index in [0.717, 1.165) is 22.9 Å². The maximum atomic E-state index is 10.5. The molecule has 0 saturated heterocycles. The van der Waals surface area contributed by atoms with Crippen molar-refractivity contribution >= 4 is 28.2 Å². The molecule has 0 heterocycles. The third-order valence-corrected chi connectivity index (χ3v) is 3.10. The van der Waals surface area contributed by atoms with Crippen molar-refractivity contribution in [3.63, 3.8) is 0 Å². The molecule has 2 amide bonds. The third-order valence-electron chi connectivity index (χ3n) is 2.42. The largest absolute Gasteiger partial charge is 0.493 e. The second-order valence-corrected chi connectivity index (χ2v) is 4.82. The molecule has 20 heavy (non-hydrogen) atoms. The van der Waals surface area contributed by atoms with Crippen molar-refractivity contribution < 1.29 is 14.3 Å². The highest BCUT2D eigenvalue weighted by molar-refractivity contribution is 9.10. The minimum atomic E-state index is -0.719. The molecule has 110 valence electrons. The molecule has 7 heteroatoms. The number of carbonyl (C=O) groups excluding carboxylic acids is 1. The Labute approximate surface area is 126 Å². The second-order valence-electron chi connectivity index (χ2n) is 3.96. The highest BCUT2D eigenvalue weighted by Crippen LogP contribution is 2.33. The molecule has 1 aromatic rings. The van der Waals surface area contributed by atoms with Crippen molar-refractivity contribution in [2.24, 2.45) is 10.8 Å². The molecule has 0 atom stereocenters. The fourth-order valence-corrected chi connectivity index (χ4v) is 1.84. The highest BCUT2D eigenvalue weighted by Gasteiger charge is 2.09. The van der Waals surface area contributed by atoms with Gasteiger partial charge in [-0.05, 0) is 34.5 Å². The first-order chi connectivity index (χ1) is 9.58. The van der Waals surface area contributed by atoms with Crippen LogP contribution in [0, 0.1) is 0 Å². The van der Waals surface area contributed by atoms with Gasteiger partial charge in [-0.2, -0.15) is 5.10 Å². The van der Waals surface area contributed by atoms with E-state index < -0.39 is 6.03 Å². The molecule has 0 bridgehead atoms. The third kappa shape index (κ3) is 5.08. The molecule has 0 spiro atoms. The summed E-state index contributed by atoms with van der Waals surface area (Å²) in [6, 6.07) is 2.85. The number of nitrogens with zero attached hydrogens (tertiary/aromatic N) is 1. The number of unbranched alkanes of at least 4 members (excludes halogenated alkanes) is 1. The van der Waals surface area contributed by atoms with Crippen LogP contribution in [-0.4, -0.2) is 26.0 Å². The summed E-state index contributed by atoms with van der Waals surface area (Å²) in [6.07, 6.45) is 3.51. The topological polar surface area (TPSA) is 85.9 Å². The molecule has 1 rings (SSSR count). The van der Waals surface area contributed by atoms with Crippen LogP contribution in [0.2, 0.25) is 0 Å². The molecular formula is C13H18BrN3O3. The molecular weight excluding hydrogens is 326 g/mol. The summed E-state index contributed by atoms with van der Waals surface area (Å²) in [5, 5.41) is 3.71. The lowest BCUT2D eigenvalue weighted by Crippen LogP contribution is -2.24. The van der Waals surface area contributed by atoms with E-state index in [1.807, 2.05) is 0 Å². The zero-order chi connectivity index (χ0) is 15.0. The van der Waals surface area contributed by atoms with Crippen molar-refractivity contribution in [1.82, 2.24) is 5.43 Å². The van der Waals surface area contributed by atoms with Gasteiger partial charge in [0.25, 0.3) is 0 Å². The molecule has 6 nitrogen and oxygen atoms in total. The number of benzene rings is 1. The Morgan fingerprint density at radius 2 is 2.25 bits per heavy atom. The lowest BCUT2D eigenvalue weighted by Gasteiger charge is -2.12. The maximum Gasteiger partial charge on any atom is 0.332 e. The van der Waals surface area contributed by atoms with Crippen LogP contribution < -0.4 is 20.6 Å². The molecule has 3 N–H and O–H groups in total. The quantitative estimate of drug-likeness (QED) is 0.453. The lowest BCUT2D eigenvalue weighted by molar-refractivity contribution is 0.249. The van der Waals surface area contributed by atoms with Crippen LogP contribution in [0.1, 0.15) is 25.3 Å². The zero-order valence-electron chi connectivity index (χ0n) is 11.5. The number of primary amides is 1. The van der Waals surface area contributed by atoms with Gasteiger partial charge in [0.1, 0.15) is 0 Å². The van der Waals surface area contributed by atoms with Crippen molar-refractivity contribution in [2.75, 3.05) is 13.7 Å². The Hall–Kier alpha value is -1.76. The van der Waals surface area contributed by atoms with E-state index in [-0.39, 0.29) is 0 Å². The smallest absolute Gasteiger partial charge is 0.332 e. The van der Waals surface area contributed by atoms with Crippen LogP contribution in [0.3, 0.4) is 0 Å². The van der Waals surface area contributed by atoms with Gasteiger partial charge in [0.15, 0.2) is 11.5 Å². The molecule has 0 aliphatic heterocycles. The van der Waals surface area contributed by atoms with E-state index in [9.17, 15) is 4.79 Å². The minimum absolute atomic E-state index is 0.602. The van der Waals surface area contributed by atoms with Gasteiger partial charge in [-0.3, -0.25) is 0 Å². The van der Waals surface area contributed by atoms with Crippen molar-refractivity contribution in [2.45, 2.75) is 19.8 Å². The van der Waals surface area contributed by atoms with E-state index in [2.05, 4.69) is 33.4 Å². The monoisotopic (exact) mass is 343 g/mol. The number of rotatable bonds is 7. The van der Waals surface area contributed by atoms with E-state index >= 15 is 0 Å². The summed E-state index contributed by atoms with van der Waals surface area (Å²) in [7, 11) is 1.57. The number of hydrazone groups is 1. The minimum Gasteiger partial charge on any atom is -0.493 e. The van der Waals surface area contributed by atoms with Crippen LogP contribution in [0.5, 0.6) is 11.5 Å². The fourth-order valence-electron chi connectivity index (χ4n) is 1.41. The van der Waals surface area contributed by atoms with Gasteiger partial charge in [0.2, 0.25) is 0 Å². The highest BCUT2D eigenvalue weighted by atomic mass is 79.9. The first kappa shape index (κ1) is 16.3. The summed E-state index contributed by atoms with van der Waals surface area (Å²) in [5.41, 5.74) is 7.79. The number of urea groups is 1. The number of nitrogens with two attached hydrogens (primary N) is 1. The predicted molar refractivity (Wildman–Crippen MR) is 81.4 cm³/mol.